The van der Waals surface area contributed by atoms with Crippen molar-refractivity contribution in [2.75, 3.05) is 7.05 Å². The van der Waals surface area contributed by atoms with Gasteiger partial charge in [0.25, 0.3) is 0 Å². The quantitative estimate of drug-likeness (QED) is 0.607. The molecule has 0 aliphatic carbocycles. The molecule has 3 aromatic rings. The van der Waals surface area contributed by atoms with Crippen LogP contribution >= 0.6 is 43.2 Å². The van der Waals surface area contributed by atoms with Crippen molar-refractivity contribution < 1.29 is 4.42 Å². The summed E-state index contributed by atoms with van der Waals surface area (Å²) in [6.45, 7) is 0. The van der Waals surface area contributed by atoms with Crippen LogP contribution in [0.25, 0.3) is 11.0 Å². The number of nitrogens with one attached hydrogen (secondary N) is 1. The first-order chi connectivity index (χ1) is 9.67. The zero-order chi connectivity index (χ0) is 14.1. The molecular weight excluding hydrogens is 402 g/mol. The van der Waals surface area contributed by atoms with Crippen LogP contribution < -0.4 is 5.32 Å². The summed E-state index contributed by atoms with van der Waals surface area (Å²) in [4.78, 5) is 1.33. The maximum Gasteiger partial charge on any atom is 0.148 e. The SMILES string of the molecule is CNC(Cc1cc(Br)cs1)c1cc2cccc(Br)c2o1. The van der Waals surface area contributed by atoms with Crippen molar-refractivity contribution in [1.29, 1.82) is 0 Å². The second-order valence-corrected chi connectivity index (χ2v) is 7.35. The van der Waals surface area contributed by atoms with E-state index in [1.807, 2.05) is 19.2 Å². The van der Waals surface area contributed by atoms with Crippen molar-refractivity contribution in [3.63, 3.8) is 0 Å². The predicted octanol–water partition coefficient (Wildman–Crippen LogP) is 5.52. The lowest BCUT2D eigenvalue weighted by Crippen LogP contribution is -2.17. The number of halogens is 2. The molecule has 0 aliphatic rings. The third kappa shape index (κ3) is 2.86. The minimum atomic E-state index is 0.180. The Bertz CT molecular complexity index is 734. The van der Waals surface area contributed by atoms with Gasteiger partial charge in [-0.15, -0.1) is 11.3 Å². The molecule has 2 nitrogen and oxygen atoms in total. The highest BCUT2D eigenvalue weighted by atomic mass is 79.9. The summed E-state index contributed by atoms with van der Waals surface area (Å²) in [5.41, 5.74) is 0.912. The predicted molar refractivity (Wildman–Crippen MR) is 91.4 cm³/mol. The van der Waals surface area contributed by atoms with Crippen LogP contribution in [-0.4, -0.2) is 7.05 Å². The van der Waals surface area contributed by atoms with E-state index in [2.05, 4.69) is 60.8 Å². The summed E-state index contributed by atoms with van der Waals surface area (Å²) in [5, 5.41) is 6.57. The smallest absolute Gasteiger partial charge is 0.148 e. The molecule has 3 rings (SSSR count). The van der Waals surface area contributed by atoms with E-state index in [0.29, 0.717) is 0 Å². The molecule has 2 heterocycles. The van der Waals surface area contributed by atoms with Crippen LogP contribution in [-0.2, 0) is 6.42 Å². The van der Waals surface area contributed by atoms with Gasteiger partial charge < -0.3 is 9.73 Å². The highest BCUT2D eigenvalue weighted by Crippen LogP contribution is 2.32. The molecule has 0 saturated carbocycles. The third-order valence-corrected chi connectivity index (χ3v) is 5.58. The molecule has 1 atom stereocenters. The van der Waals surface area contributed by atoms with Gasteiger partial charge in [0.2, 0.25) is 0 Å². The van der Waals surface area contributed by atoms with E-state index in [1.54, 1.807) is 11.3 Å². The van der Waals surface area contributed by atoms with E-state index in [-0.39, 0.29) is 6.04 Å². The monoisotopic (exact) mass is 413 g/mol. The van der Waals surface area contributed by atoms with Crippen LogP contribution in [0, 0.1) is 0 Å². The molecule has 1 aromatic carbocycles. The minimum Gasteiger partial charge on any atom is -0.458 e. The highest BCUT2D eigenvalue weighted by molar-refractivity contribution is 9.11. The van der Waals surface area contributed by atoms with Crippen molar-refractivity contribution >= 4 is 54.2 Å². The van der Waals surface area contributed by atoms with E-state index in [4.69, 9.17) is 4.42 Å². The molecule has 5 heteroatoms. The van der Waals surface area contributed by atoms with Crippen molar-refractivity contribution in [2.45, 2.75) is 12.5 Å². The lowest BCUT2D eigenvalue weighted by molar-refractivity contribution is 0.452. The molecule has 104 valence electrons. The molecule has 0 amide bonds. The average molecular weight is 415 g/mol. The number of para-hydroxylation sites is 1. The maximum absolute atomic E-state index is 6.01. The average Bonchev–Trinajstić information content (AvgIpc) is 3.03. The number of hydrogen-bond acceptors (Lipinski definition) is 3. The molecule has 2 aromatic heterocycles. The maximum atomic E-state index is 6.01. The van der Waals surface area contributed by atoms with Crippen LogP contribution in [0.5, 0.6) is 0 Å². The molecule has 1 N–H and O–H groups in total. The van der Waals surface area contributed by atoms with Gasteiger partial charge in [0, 0.05) is 26.5 Å². The standard InChI is InChI=1S/C15H13Br2NOS/c1-18-13(7-11-6-10(16)8-20-11)14-5-9-3-2-4-12(17)15(9)19-14/h2-6,8,13,18H,7H2,1H3. The van der Waals surface area contributed by atoms with Crippen LogP contribution in [0.2, 0.25) is 0 Å². The number of thiophene rings is 1. The Morgan fingerprint density at radius 2 is 2.15 bits per heavy atom. The Hall–Kier alpha value is -0.620. The van der Waals surface area contributed by atoms with Gasteiger partial charge in [0.05, 0.1) is 10.5 Å². The number of benzene rings is 1. The summed E-state index contributed by atoms with van der Waals surface area (Å²) in [6.07, 6.45) is 0.921. The van der Waals surface area contributed by atoms with Gasteiger partial charge in [0.1, 0.15) is 11.3 Å². The van der Waals surface area contributed by atoms with Gasteiger partial charge in [-0.05, 0) is 57.1 Å². The van der Waals surface area contributed by atoms with Crippen LogP contribution in [0.3, 0.4) is 0 Å². The number of rotatable bonds is 4. The number of furan rings is 1. The van der Waals surface area contributed by atoms with Gasteiger partial charge in [-0.25, -0.2) is 0 Å². The first-order valence-electron chi connectivity index (χ1n) is 6.25. The molecule has 0 saturated heterocycles. The topological polar surface area (TPSA) is 25.2 Å². The van der Waals surface area contributed by atoms with Gasteiger partial charge in [-0.1, -0.05) is 12.1 Å². The molecule has 0 fully saturated rings. The fourth-order valence-electron chi connectivity index (χ4n) is 2.23. The number of likely N-dealkylation sites (N-methyl/N-ethyl adjacent to an activating group) is 1. The van der Waals surface area contributed by atoms with Gasteiger partial charge in [-0.3, -0.25) is 0 Å². The molecule has 0 aliphatic heterocycles. The van der Waals surface area contributed by atoms with Crippen LogP contribution in [0.4, 0.5) is 0 Å². The Morgan fingerprint density at radius 1 is 1.30 bits per heavy atom. The normalized spacial score (nSPS) is 12.9. The Labute approximate surface area is 138 Å². The first-order valence-corrected chi connectivity index (χ1v) is 8.72. The second kappa shape index (κ2) is 6.02. The number of hydrogen-bond donors (Lipinski definition) is 1. The van der Waals surface area contributed by atoms with Crippen molar-refractivity contribution in [3.8, 4) is 0 Å². The summed E-state index contributed by atoms with van der Waals surface area (Å²) in [7, 11) is 1.97. The Balaban J connectivity index is 1.92. The van der Waals surface area contributed by atoms with E-state index < -0.39 is 0 Å². The summed E-state index contributed by atoms with van der Waals surface area (Å²) < 4.78 is 8.15. The van der Waals surface area contributed by atoms with E-state index >= 15 is 0 Å². The van der Waals surface area contributed by atoms with Crippen molar-refractivity contribution in [3.05, 3.63) is 55.3 Å². The Morgan fingerprint density at radius 3 is 2.80 bits per heavy atom. The molecule has 0 radical (unpaired) electrons. The largest absolute Gasteiger partial charge is 0.458 e. The van der Waals surface area contributed by atoms with Crippen molar-refractivity contribution in [1.82, 2.24) is 5.32 Å². The third-order valence-electron chi connectivity index (χ3n) is 3.23. The van der Waals surface area contributed by atoms with E-state index in [1.165, 1.54) is 4.88 Å². The highest BCUT2D eigenvalue weighted by Gasteiger charge is 2.17. The molecule has 20 heavy (non-hydrogen) atoms. The molecule has 0 bridgehead atoms. The van der Waals surface area contributed by atoms with Gasteiger partial charge in [0.15, 0.2) is 0 Å². The summed E-state index contributed by atoms with van der Waals surface area (Å²) in [6, 6.07) is 10.6. The zero-order valence-corrected chi connectivity index (χ0v) is 14.8. The second-order valence-electron chi connectivity index (χ2n) is 4.58. The van der Waals surface area contributed by atoms with Crippen LogP contribution in [0.15, 0.2) is 49.1 Å². The number of fused-ring (bicyclic) bond motifs is 1. The molecular formula is C15H13Br2NOS. The van der Waals surface area contributed by atoms with E-state index in [9.17, 15) is 0 Å². The molecule has 1 unspecified atom stereocenters. The van der Waals surface area contributed by atoms with Gasteiger partial charge in [-0.2, -0.15) is 0 Å². The molecule has 0 spiro atoms. The fourth-order valence-corrected chi connectivity index (χ4v) is 4.19. The summed E-state index contributed by atoms with van der Waals surface area (Å²) in [5.74, 6) is 0.971. The first kappa shape index (κ1) is 14.3. The fraction of sp³-hybridized carbons (Fsp3) is 0.200. The lowest BCUT2D eigenvalue weighted by Gasteiger charge is -2.12. The zero-order valence-electron chi connectivity index (χ0n) is 10.8. The lowest BCUT2D eigenvalue weighted by atomic mass is 10.1. The van der Waals surface area contributed by atoms with Gasteiger partial charge >= 0.3 is 0 Å². The Kier molecular flexibility index (Phi) is 4.31. The van der Waals surface area contributed by atoms with E-state index in [0.717, 1.165) is 32.1 Å². The van der Waals surface area contributed by atoms with Crippen LogP contribution in [0.1, 0.15) is 16.7 Å². The van der Waals surface area contributed by atoms with Crippen molar-refractivity contribution in [2.24, 2.45) is 0 Å². The minimum absolute atomic E-state index is 0.180. The summed E-state index contributed by atoms with van der Waals surface area (Å²) >= 11 is 8.79.